The summed E-state index contributed by atoms with van der Waals surface area (Å²) in [7, 11) is 1.51. The first-order valence-corrected chi connectivity index (χ1v) is 19.2. The molecule has 0 bridgehead atoms. The molecule has 54 heavy (non-hydrogen) atoms. The highest BCUT2D eigenvalue weighted by Crippen LogP contribution is 2.40. The van der Waals surface area contributed by atoms with Crippen molar-refractivity contribution >= 4 is 85.7 Å². The van der Waals surface area contributed by atoms with Gasteiger partial charge in [-0.3, -0.25) is 24.6 Å². The van der Waals surface area contributed by atoms with Crippen LogP contribution in [0.3, 0.4) is 0 Å². The first kappa shape index (κ1) is 37.3. The van der Waals surface area contributed by atoms with Gasteiger partial charge in [-0.2, -0.15) is 0 Å². The van der Waals surface area contributed by atoms with E-state index in [4.69, 9.17) is 37.7 Å². The second kappa shape index (κ2) is 15.7. The van der Waals surface area contributed by atoms with E-state index >= 15 is 0 Å². The molecular weight excluding hydrogens is 839 g/mol. The predicted octanol–water partition coefficient (Wildman–Crippen LogP) is 7.86. The molecule has 1 aliphatic rings. The lowest BCUT2D eigenvalue weighted by molar-refractivity contribution is -0.387. The number of aromatic nitrogens is 4. The van der Waals surface area contributed by atoms with E-state index in [9.17, 15) is 19.7 Å². The Kier molecular flexibility index (Phi) is 10.9. The molecule has 0 fully saturated rings. The Morgan fingerprint density at radius 3 is 2.63 bits per heavy atom. The Labute approximate surface area is 333 Å². The number of fused-ring (bicyclic) bond motifs is 1. The van der Waals surface area contributed by atoms with Crippen LogP contribution in [0.5, 0.6) is 5.75 Å². The molecule has 0 aliphatic carbocycles. The van der Waals surface area contributed by atoms with Crippen LogP contribution in [0.15, 0.2) is 115 Å². The average Bonchev–Trinajstić information content (AvgIpc) is 3.75. The number of hydrogen-bond acceptors (Lipinski definition) is 11. The molecule has 0 saturated heterocycles. The van der Waals surface area contributed by atoms with Crippen molar-refractivity contribution in [3.63, 3.8) is 0 Å². The van der Waals surface area contributed by atoms with Gasteiger partial charge in [0.2, 0.25) is 5.16 Å². The van der Waals surface area contributed by atoms with Gasteiger partial charge < -0.3 is 9.47 Å². The van der Waals surface area contributed by atoms with E-state index in [2.05, 4.69) is 31.1 Å². The molecule has 4 aromatic carbocycles. The molecule has 0 unspecified atom stereocenters. The number of carbonyl (C=O) groups is 1. The first-order chi connectivity index (χ1) is 26.1. The van der Waals surface area contributed by atoms with E-state index in [0.29, 0.717) is 58.8 Å². The predicted molar refractivity (Wildman–Crippen MR) is 211 cm³/mol. The summed E-state index contributed by atoms with van der Waals surface area (Å²) >= 11 is 18.0. The Balaban J connectivity index is 1.34. The number of H-pyrrole nitrogens is 1. The fourth-order valence-corrected chi connectivity index (χ4v) is 8.53. The molecule has 1 atom stereocenters. The van der Waals surface area contributed by atoms with E-state index < -0.39 is 22.5 Å². The number of nitrogens with one attached hydrogen (secondary N) is 1. The summed E-state index contributed by atoms with van der Waals surface area (Å²) in [4.78, 5) is 50.0. The van der Waals surface area contributed by atoms with Crippen LogP contribution in [0.25, 0.3) is 23.2 Å². The number of ether oxygens (including phenoxy) is 2. The number of carbonyl (C=O) groups excluding carboxylic acids is 1. The van der Waals surface area contributed by atoms with E-state index in [0.717, 1.165) is 23.1 Å². The minimum Gasteiger partial charge on any atom is -0.496 e. The number of esters is 1. The molecule has 7 rings (SSSR count). The highest BCUT2D eigenvalue weighted by Gasteiger charge is 2.37. The van der Waals surface area contributed by atoms with E-state index in [1.807, 2.05) is 30.3 Å². The molecule has 3 heterocycles. The molecule has 6 aromatic rings. The van der Waals surface area contributed by atoms with Gasteiger partial charge in [0.15, 0.2) is 10.6 Å². The van der Waals surface area contributed by atoms with E-state index in [1.54, 1.807) is 61.5 Å². The minimum absolute atomic E-state index is 0.0955. The quantitative estimate of drug-likeness (QED) is 0.0824. The number of rotatable bonds is 10. The molecule has 1 aliphatic heterocycles. The van der Waals surface area contributed by atoms with Gasteiger partial charge in [0.25, 0.3) is 11.2 Å². The van der Waals surface area contributed by atoms with E-state index in [-0.39, 0.29) is 32.5 Å². The van der Waals surface area contributed by atoms with Gasteiger partial charge in [0.05, 0.1) is 44.4 Å². The SMILES string of the molecule is CCOC(=O)C1=C(c2ccccc2)N=c2s/c(=C\c3ccc(Sc4n[nH]c(-c5ccc(Cl)cc5Cl)n4)c([N+](=O)[O-])c3)c(=O)n2[C@@H]1c1cc(Br)ccc1OC. The minimum atomic E-state index is -0.993. The Morgan fingerprint density at radius 2 is 1.91 bits per heavy atom. The van der Waals surface area contributed by atoms with Crippen LogP contribution >= 0.6 is 62.2 Å². The molecule has 2 aromatic heterocycles. The van der Waals surface area contributed by atoms with Gasteiger partial charge in [-0.25, -0.2) is 14.8 Å². The van der Waals surface area contributed by atoms with Crippen molar-refractivity contribution in [3.05, 3.63) is 152 Å². The summed E-state index contributed by atoms with van der Waals surface area (Å²) in [6, 6.07) is 23.0. The van der Waals surface area contributed by atoms with Crippen molar-refractivity contribution in [2.24, 2.45) is 4.99 Å². The third-order valence-corrected chi connectivity index (χ3v) is 11.1. The fourth-order valence-electron chi connectivity index (χ4n) is 5.85. The van der Waals surface area contributed by atoms with Crippen molar-refractivity contribution < 1.29 is 19.2 Å². The standard InChI is InChI=1S/C37H25BrCl2N6O6S2/c1-3-52-35(48)30-31(20-7-5-4-6-8-20)41-37-45(32(30)24-17-21(38)10-13-27(24)51-2)34(47)29(54-37)16-19-9-14-28(26(15-19)46(49)50)53-36-42-33(43-44-36)23-12-11-22(39)18-25(23)40/h4-18,32H,3H2,1-2H3,(H,42,43,44)/b29-16-/t32-/m1/s1. The molecule has 0 saturated carbocycles. The Bertz CT molecular complexity index is 2680. The average molecular weight is 865 g/mol. The number of aromatic amines is 1. The zero-order valence-corrected chi connectivity index (χ0v) is 32.8. The van der Waals surface area contributed by atoms with Gasteiger partial charge in [0.1, 0.15) is 11.8 Å². The second-order valence-electron chi connectivity index (χ2n) is 11.5. The van der Waals surface area contributed by atoms with Crippen molar-refractivity contribution in [1.29, 1.82) is 0 Å². The lowest BCUT2D eigenvalue weighted by atomic mass is 9.92. The molecule has 0 spiro atoms. The van der Waals surface area contributed by atoms with Crippen molar-refractivity contribution in [3.8, 4) is 17.1 Å². The second-order valence-corrected chi connectivity index (χ2v) is 15.3. The lowest BCUT2D eigenvalue weighted by Crippen LogP contribution is -2.40. The topological polar surface area (TPSA) is 155 Å². The molecule has 1 N–H and O–H groups in total. The van der Waals surface area contributed by atoms with Crippen LogP contribution in [-0.2, 0) is 9.53 Å². The summed E-state index contributed by atoms with van der Waals surface area (Å²) in [5.41, 5.74) is 1.96. The fraction of sp³-hybridized carbons (Fsp3) is 0.108. The molecule has 12 nitrogen and oxygen atoms in total. The van der Waals surface area contributed by atoms with Gasteiger partial charge in [0, 0.05) is 32.3 Å². The number of thiazole rings is 1. The number of hydrogen-bond donors (Lipinski definition) is 1. The molecule has 0 amide bonds. The third-order valence-electron chi connectivity index (χ3n) is 8.19. The Hall–Kier alpha value is -5.06. The third kappa shape index (κ3) is 7.37. The maximum absolute atomic E-state index is 14.4. The van der Waals surface area contributed by atoms with Crippen molar-refractivity contribution in [1.82, 2.24) is 19.7 Å². The van der Waals surface area contributed by atoms with Crippen LogP contribution < -0.4 is 19.6 Å². The number of halogens is 3. The van der Waals surface area contributed by atoms with Crippen LogP contribution in [0.1, 0.15) is 29.7 Å². The van der Waals surface area contributed by atoms with Crippen LogP contribution in [0.4, 0.5) is 5.69 Å². The smallest absolute Gasteiger partial charge is 0.338 e. The van der Waals surface area contributed by atoms with Gasteiger partial charge >= 0.3 is 5.97 Å². The molecule has 0 radical (unpaired) electrons. The highest BCUT2D eigenvalue weighted by atomic mass is 79.9. The van der Waals surface area contributed by atoms with Gasteiger partial charge in [-0.05, 0) is 72.8 Å². The van der Waals surface area contributed by atoms with Gasteiger partial charge in [-0.15, -0.1) is 5.10 Å². The summed E-state index contributed by atoms with van der Waals surface area (Å²) in [6.45, 7) is 1.80. The van der Waals surface area contributed by atoms with Crippen LogP contribution in [-0.4, -0.2) is 44.4 Å². The van der Waals surface area contributed by atoms with Crippen molar-refractivity contribution in [2.45, 2.75) is 23.0 Å². The molecule has 272 valence electrons. The Morgan fingerprint density at radius 1 is 1.11 bits per heavy atom. The summed E-state index contributed by atoms with van der Waals surface area (Å²) in [5, 5.41) is 20.4. The molecule has 17 heteroatoms. The van der Waals surface area contributed by atoms with Crippen LogP contribution in [0.2, 0.25) is 10.0 Å². The zero-order valence-electron chi connectivity index (χ0n) is 28.1. The first-order valence-electron chi connectivity index (χ1n) is 16.0. The van der Waals surface area contributed by atoms with Crippen molar-refractivity contribution in [2.75, 3.05) is 13.7 Å². The maximum atomic E-state index is 14.4. The number of benzene rings is 4. The summed E-state index contributed by atoms with van der Waals surface area (Å²) in [5.74, 6) is 0.168. The van der Waals surface area contributed by atoms with Gasteiger partial charge in [-0.1, -0.05) is 86.9 Å². The number of nitro benzene ring substituents is 1. The zero-order chi connectivity index (χ0) is 38.1. The number of nitrogens with zero attached hydrogens (tertiary/aromatic N) is 5. The highest BCUT2D eigenvalue weighted by molar-refractivity contribution is 9.10. The lowest BCUT2D eigenvalue weighted by Gasteiger charge is -2.27. The number of methoxy groups -OCH3 is 1. The van der Waals surface area contributed by atoms with E-state index in [1.165, 1.54) is 17.7 Å². The summed E-state index contributed by atoms with van der Waals surface area (Å²) < 4.78 is 13.6. The van der Waals surface area contributed by atoms with Crippen LogP contribution in [0, 0.1) is 10.1 Å². The largest absolute Gasteiger partial charge is 0.496 e. The maximum Gasteiger partial charge on any atom is 0.338 e. The summed E-state index contributed by atoms with van der Waals surface area (Å²) in [6.07, 6.45) is 1.56. The molecular formula is C37H25BrCl2N6O6S2. The monoisotopic (exact) mass is 862 g/mol. The number of nitro groups is 1. The normalized spacial score (nSPS) is 14.1.